The Hall–Kier alpha value is -1.20. The zero-order chi connectivity index (χ0) is 14.0. The number of rotatable bonds is 3. The van der Waals surface area contributed by atoms with Gasteiger partial charge < -0.3 is 4.90 Å². The first-order valence-corrected chi connectivity index (χ1v) is 7.38. The summed E-state index contributed by atoms with van der Waals surface area (Å²) in [7, 11) is 1.72. The Morgan fingerprint density at radius 3 is 2.68 bits per heavy atom. The second-order valence-corrected chi connectivity index (χ2v) is 6.73. The molecule has 1 amide bonds. The predicted octanol–water partition coefficient (Wildman–Crippen LogP) is 4.23. The van der Waals surface area contributed by atoms with E-state index in [0.717, 1.165) is 14.9 Å². The maximum Gasteiger partial charge on any atom is 0.254 e. The van der Waals surface area contributed by atoms with Crippen LogP contribution in [0.5, 0.6) is 0 Å². The summed E-state index contributed by atoms with van der Waals surface area (Å²) >= 11 is 4.97. The molecule has 0 saturated heterocycles. The van der Waals surface area contributed by atoms with Crippen LogP contribution < -0.4 is 0 Å². The van der Waals surface area contributed by atoms with E-state index in [-0.39, 0.29) is 11.7 Å². The lowest BCUT2D eigenvalue weighted by Crippen LogP contribution is -2.26. The minimum Gasteiger partial charge on any atom is -0.337 e. The Morgan fingerprint density at radius 2 is 2.11 bits per heavy atom. The van der Waals surface area contributed by atoms with E-state index in [1.165, 1.54) is 12.1 Å². The largest absolute Gasteiger partial charge is 0.337 e. The van der Waals surface area contributed by atoms with Crippen LogP contribution >= 0.6 is 27.3 Å². The lowest BCUT2D eigenvalue weighted by atomic mass is 10.1. The van der Waals surface area contributed by atoms with Gasteiger partial charge in [-0.15, -0.1) is 11.3 Å². The number of aryl methyl sites for hydroxylation is 1. The summed E-state index contributed by atoms with van der Waals surface area (Å²) < 4.78 is 14.3. The van der Waals surface area contributed by atoms with Gasteiger partial charge in [0.1, 0.15) is 5.82 Å². The summed E-state index contributed by atoms with van der Waals surface area (Å²) in [6, 6.07) is 6.36. The van der Waals surface area contributed by atoms with Gasteiger partial charge in [0.05, 0.1) is 3.79 Å². The fourth-order valence-electron chi connectivity index (χ4n) is 1.85. The zero-order valence-corrected chi connectivity index (χ0v) is 13.0. The predicted molar refractivity (Wildman–Crippen MR) is 79.0 cm³/mol. The molecular formula is C14H13BrFNOS. The molecule has 2 aromatic rings. The highest BCUT2D eigenvalue weighted by Crippen LogP contribution is 2.22. The van der Waals surface area contributed by atoms with Crippen LogP contribution in [0.3, 0.4) is 0 Å². The van der Waals surface area contributed by atoms with Gasteiger partial charge in [0.25, 0.3) is 5.91 Å². The molecule has 0 spiro atoms. The van der Waals surface area contributed by atoms with Crippen molar-refractivity contribution in [2.24, 2.45) is 0 Å². The van der Waals surface area contributed by atoms with Crippen molar-refractivity contribution in [3.05, 3.63) is 55.9 Å². The van der Waals surface area contributed by atoms with Crippen LogP contribution in [-0.4, -0.2) is 17.9 Å². The van der Waals surface area contributed by atoms with E-state index in [4.69, 9.17) is 0 Å². The molecule has 0 aliphatic rings. The third kappa shape index (κ3) is 3.64. The van der Waals surface area contributed by atoms with Gasteiger partial charge >= 0.3 is 0 Å². The SMILES string of the molecule is Cc1cc(F)cc(C(=O)N(C)Cc2csc(Br)c2)c1. The van der Waals surface area contributed by atoms with Gasteiger partial charge in [0, 0.05) is 19.2 Å². The molecule has 0 radical (unpaired) electrons. The molecule has 0 bridgehead atoms. The summed E-state index contributed by atoms with van der Waals surface area (Å²) in [6.07, 6.45) is 0. The third-order valence-electron chi connectivity index (χ3n) is 2.68. The van der Waals surface area contributed by atoms with Crippen LogP contribution in [0.2, 0.25) is 0 Å². The molecular weight excluding hydrogens is 329 g/mol. The maximum atomic E-state index is 13.3. The van der Waals surface area contributed by atoms with E-state index in [1.54, 1.807) is 36.3 Å². The van der Waals surface area contributed by atoms with Gasteiger partial charge in [-0.1, -0.05) is 0 Å². The minimum absolute atomic E-state index is 0.176. The summed E-state index contributed by atoms with van der Waals surface area (Å²) in [4.78, 5) is 13.8. The average molecular weight is 342 g/mol. The van der Waals surface area contributed by atoms with Crippen molar-refractivity contribution in [1.82, 2.24) is 4.90 Å². The van der Waals surface area contributed by atoms with Crippen molar-refractivity contribution in [3.8, 4) is 0 Å². The van der Waals surface area contributed by atoms with Gasteiger partial charge in [-0.05, 0) is 63.6 Å². The van der Waals surface area contributed by atoms with Gasteiger partial charge in [0.15, 0.2) is 0 Å². The standard InChI is InChI=1S/C14H13BrFNOS/c1-9-3-11(6-12(16)4-9)14(18)17(2)7-10-5-13(15)19-8-10/h3-6,8H,7H2,1-2H3. The van der Waals surface area contributed by atoms with Gasteiger partial charge in [-0.2, -0.15) is 0 Å². The first-order chi connectivity index (χ1) is 8.95. The van der Waals surface area contributed by atoms with Crippen LogP contribution in [-0.2, 0) is 6.54 Å². The Bertz CT molecular complexity index is 591. The monoisotopic (exact) mass is 341 g/mol. The molecule has 2 nitrogen and oxygen atoms in total. The first kappa shape index (κ1) is 14.2. The Morgan fingerprint density at radius 1 is 1.37 bits per heavy atom. The topological polar surface area (TPSA) is 20.3 Å². The van der Waals surface area contributed by atoms with Crippen LogP contribution in [0.4, 0.5) is 4.39 Å². The van der Waals surface area contributed by atoms with E-state index in [9.17, 15) is 9.18 Å². The fraction of sp³-hybridized carbons (Fsp3) is 0.214. The number of hydrogen-bond donors (Lipinski definition) is 0. The normalized spacial score (nSPS) is 10.5. The lowest BCUT2D eigenvalue weighted by Gasteiger charge is -2.16. The molecule has 0 fully saturated rings. The van der Waals surface area contributed by atoms with Gasteiger partial charge in [0.2, 0.25) is 0 Å². The van der Waals surface area contributed by atoms with E-state index in [2.05, 4.69) is 15.9 Å². The smallest absolute Gasteiger partial charge is 0.254 e. The summed E-state index contributed by atoms with van der Waals surface area (Å²) in [6.45, 7) is 2.28. The second kappa shape index (κ2) is 5.84. The van der Waals surface area contributed by atoms with E-state index >= 15 is 0 Å². The number of halogens is 2. The number of carbonyl (C=O) groups excluding carboxylic acids is 1. The number of carbonyl (C=O) groups is 1. The first-order valence-electron chi connectivity index (χ1n) is 5.71. The lowest BCUT2D eigenvalue weighted by molar-refractivity contribution is 0.0784. The van der Waals surface area contributed by atoms with Crippen LogP contribution in [0.1, 0.15) is 21.5 Å². The van der Waals surface area contributed by atoms with Crippen LogP contribution in [0.15, 0.2) is 33.4 Å². The number of hydrogen-bond acceptors (Lipinski definition) is 2. The number of amides is 1. The maximum absolute atomic E-state index is 13.3. The van der Waals surface area contributed by atoms with Crippen molar-refractivity contribution in [1.29, 1.82) is 0 Å². The van der Waals surface area contributed by atoms with Crippen LogP contribution in [0.25, 0.3) is 0 Å². The molecule has 1 aromatic heterocycles. The van der Waals surface area contributed by atoms with Crippen molar-refractivity contribution in [3.63, 3.8) is 0 Å². The van der Waals surface area contributed by atoms with E-state index in [0.29, 0.717) is 12.1 Å². The molecule has 100 valence electrons. The average Bonchev–Trinajstić information content (AvgIpc) is 2.72. The Kier molecular flexibility index (Phi) is 4.37. The molecule has 1 heterocycles. The van der Waals surface area contributed by atoms with Crippen LogP contribution in [0, 0.1) is 12.7 Å². The highest BCUT2D eigenvalue weighted by Gasteiger charge is 2.14. The van der Waals surface area contributed by atoms with Crippen molar-refractivity contribution in [2.75, 3.05) is 7.05 Å². The van der Waals surface area contributed by atoms with Crippen molar-refractivity contribution in [2.45, 2.75) is 13.5 Å². The molecule has 5 heteroatoms. The number of benzene rings is 1. The molecule has 0 aliphatic carbocycles. The van der Waals surface area contributed by atoms with Crippen molar-refractivity contribution < 1.29 is 9.18 Å². The quantitative estimate of drug-likeness (QED) is 0.817. The highest BCUT2D eigenvalue weighted by molar-refractivity contribution is 9.11. The Labute approximate surface area is 124 Å². The molecule has 0 atom stereocenters. The molecule has 0 aliphatic heterocycles. The highest BCUT2D eigenvalue weighted by atomic mass is 79.9. The molecule has 0 N–H and O–H groups in total. The Balaban J connectivity index is 2.14. The summed E-state index contributed by atoms with van der Waals surface area (Å²) in [5.74, 6) is -0.556. The number of nitrogens with zero attached hydrogens (tertiary/aromatic N) is 1. The van der Waals surface area contributed by atoms with Gasteiger partial charge in [-0.25, -0.2) is 4.39 Å². The summed E-state index contributed by atoms with van der Waals surface area (Å²) in [5.41, 5.74) is 2.19. The fourth-order valence-corrected chi connectivity index (χ4v) is 3.05. The van der Waals surface area contributed by atoms with E-state index < -0.39 is 0 Å². The molecule has 1 aromatic carbocycles. The summed E-state index contributed by atoms with van der Waals surface area (Å²) in [5, 5.41) is 1.99. The van der Waals surface area contributed by atoms with Gasteiger partial charge in [-0.3, -0.25) is 4.79 Å². The minimum atomic E-state index is -0.380. The van der Waals surface area contributed by atoms with Crippen molar-refractivity contribution >= 4 is 33.2 Å². The molecule has 0 saturated carbocycles. The zero-order valence-electron chi connectivity index (χ0n) is 10.6. The second-order valence-electron chi connectivity index (χ2n) is 4.44. The third-order valence-corrected chi connectivity index (χ3v) is 4.23. The molecule has 0 unspecified atom stereocenters. The number of thiophene rings is 1. The molecule has 2 rings (SSSR count). The molecule has 19 heavy (non-hydrogen) atoms. The van der Waals surface area contributed by atoms with E-state index in [1.807, 2.05) is 11.4 Å².